The first kappa shape index (κ1) is 17.9. The normalized spacial score (nSPS) is 20.9. The molecule has 1 fully saturated rings. The Morgan fingerprint density at radius 3 is 2.97 bits per heavy atom. The summed E-state index contributed by atoms with van der Waals surface area (Å²) in [6, 6.07) is 7.07. The predicted molar refractivity (Wildman–Crippen MR) is 108 cm³/mol. The largest absolute Gasteiger partial charge is 0.349 e. The van der Waals surface area contributed by atoms with Crippen molar-refractivity contribution in [3.8, 4) is 0 Å². The smallest absolute Gasteiger partial charge is 0.258 e. The summed E-state index contributed by atoms with van der Waals surface area (Å²) in [4.78, 5) is 46.9. The summed E-state index contributed by atoms with van der Waals surface area (Å²) >= 11 is 1.52. The van der Waals surface area contributed by atoms with E-state index in [0.717, 1.165) is 10.7 Å². The molecule has 0 spiro atoms. The minimum atomic E-state index is -0.836. The lowest BCUT2D eigenvalue weighted by Gasteiger charge is -2.48. The van der Waals surface area contributed by atoms with Crippen LogP contribution in [0.3, 0.4) is 0 Å². The van der Waals surface area contributed by atoms with E-state index in [2.05, 4.69) is 10.3 Å². The third-order valence-corrected chi connectivity index (χ3v) is 6.43. The molecule has 0 bridgehead atoms. The number of thiazole rings is 1. The molecular weight excluding hydrogens is 390 g/mol. The SMILES string of the molecule is CC12CCC(=O)N1c1ccccc1C(=O)N2CC(=O)NCc1cn2ccsc2n1. The fourth-order valence-electron chi connectivity index (χ4n) is 4.19. The van der Waals surface area contributed by atoms with Crippen LogP contribution in [0.15, 0.2) is 42.0 Å². The highest BCUT2D eigenvalue weighted by atomic mass is 32.1. The lowest BCUT2D eigenvalue weighted by molar-refractivity contribution is -0.124. The van der Waals surface area contributed by atoms with Crippen molar-refractivity contribution in [2.75, 3.05) is 11.4 Å². The van der Waals surface area contributed by atoms with Gasteiger partial charge < -0.3 is 10.2 Å². The van der Waals surface area contributed by atoms with Crippen molar-refractivity contribution in [2.45, 2.75) is 32.0 Å². The molecule has 0 saturated carbocycles. The fourth-order valence-corrected chi connectivity index (χ4v) is 4.91. The molecule has 2 aromatic heterocycles. The molecule has 5 rings (SSSR count). The molecule has 1 saturated heterocycles. The number of imidazole rings is 1. The van der Waals surface area contributed by atoms with Crippen LogP contribution < -0.4 is 10.2 Å². The predicted octanol–water partition coefficient (Wildman–Crippen LogP) is 2.01. The second kappa shape index (κ2) is 6.41. The van der Waals surface area contributed by atoms with E-state index in [1.807, 2.05) is 35.2 Å². The van der Waals surface area contributed by atoms with E-state index in [4.69, 9.17) is 0 Å². The molecule has 148 valence electrons. The molecule has 3 amide bonds. The van der Waals surface area contributed by atoms with Crippen LogP contribution in [0.4, 0.5) is 5.69 Å². The molecular formula is C20H19N5O3S. The van der Waals surface area contributed by atoms with Gasteiger partial charge in [-0.25, -0.2) is 4.98 Å². The summed E-state index contributed by atoms with van der Waals surface area (Å²) in [6.45, 7) is 2.02. The van der Waals surface area contributed by atoms with Gasteiger partial charge >= 0.3 is 0 Å². The quantitative estimate of drug-likeness (QED) is 0.714. The average molecular weight is 409 g/mol. The average Bonchev–Trinajstić information content (AvgIpc) is 3.38. The highest BCUT2D eigenvalue weighted by Crippen LogP contribution is 2.43. The van der Waals surface area contributed by atoms with E-state index in [0.29, 0.717) is 24.1 Å². The van der Waals surface area contributed by atoms with E-state index >= 15 is 0 Å². The summed E-state index contributed by atoms with van der Waals surface area (Å²) in [7, 11) is 0. The van der Waals surface area contributed by atoms with Gasteiger partial charge in [0.25, 0.3) is 5.91 Å². The molecule has 4 heterocycles. The number of rotatable bonds is 4. The second-order valence-corrected chi connectivity index (χ2v) is 8.33. The van der Waals surface area contributed by atoms with Crippen LogP contribution in [-0.2, 0) is 16.1 Å². The molecule has 2 aliphatic rings. The van der Waals surface area contributed by atoms with Crippen LogP contribution in [0.1, 0.15) is 35.8 Å². The number of hydrogen-bond donors (Lipinski definition) is 1. The fraction of sp³-hybridized carbons (Fsp3) is 0.300. The molecule has 0 aliphatic carbocycles. The molecule has 1 N–H and O–H groups in total. The summed E-state index contributed by atoms with van der Waals surface area (Å²) in [5.41, 5.74) is 0.987. The van der Waals surface area contributed by atoms with E-state index in [9.17, 15) is 14.4 Å². The van der Waals surface area contributed by atoms with Crippen molar-refractivity contribution < 1.29 is 14.4 Å². The van der Waals surface area contributed by atoms with Crippen molar-refractivity contribution in [3.05, 3.63) is 53.3 Å². The van der Waals surface area contributed by atoms with E-state index < -0.39 is 5.66 Å². The number of nitrogens with zero attached hydrogens (tertiary/aromatic N) is 4. The number of nitrogens with one attached hydrogen (secondary N) is 1. The Hall–Kier alpha value is -3.20. The molecule has 9 heteroatoms. The van der Waals surface area contributed by atoms with Crippen molar-refractivity contribution in [1.82, 2.24) is 19.6 Å². The van der Waals surface area contributed by atoms with Gasteiger partial charge in [0.1, 0.15) is 12.2 Å². The number of hydrogen-bond acceptors (Lipinski definition) is 5. The Balaban J connectivity index is 1.37. The van der Waals surface area contributed by atoms with Gasteiger partial charge in [-0.1, -0.05) is 12.1 Å². The Morgan fingerprint density at radius 1 is 1.31 bits per heavy atom. The number of aromatic nitrogens is 2. The van der Waals surface area contributed by atoms with Gasteiger partial charge in [0, 0.05) is 24.2 Å². The zero-order valence-corrected chi connectivity index (χ0v) is 16.6. The first-order chi connectivity index (χ1) is 14.0. The van der Waals surface area contributed by atoms with E-state index in [1.54, 1.807) is 23.1 Å². The lowest BCUT2D eigenvalue weighted by atomic mass is 9.98. The molecule has 1 aromatic carbocycles. The molecule has 2 aliphatic heterocycles. The highest BCUT2D eigenvalue weighted by Gasteiger charge is 2.53. The number of carbonyl (C=O) groups is 3. The molecule has 3 aromatic rings. The number of amides is 3. The van der Waals surface area contributed by atoms with Gasteiger partial charge in [0.05, 0.1) is 23.5 Å². The lowest BCUT2D eigenvalue weighted by Crippen LogP contribution is -2.63. The van der Waals surface area contributed by atoms with Crippen LogP contribution in [0.25, 0.3) is 4.96 Å². The van der Waals surface area contributed by atoms with Crippen LogP contribution in [0.2, 0.25) is 0 Å². The van der Waals surface area contributed by atoms with Crippen LogP contribution in [-0.4, -0.2) is 44.2 Å². The van der Waals surface area contributed by atoms with Gasteiger partial charge in [-0.3, -0.25) is 23.7 Å². The van der Waals surface area contributed by atoms with Gasteiger partial charge in [-0.15, -0.1) is 11.3 Å². The van der Waals surface area contributed by atoms with Crippen LogP contribution >= 0.6 is 11.3 Å². The molecule has 1 unspecified atom stereocenters. The monoisotopic (exact) mass is 409 g/mol. The van der Waals surface area contributed by atoms with Crippen LogP contribution in [0.5, 0.6) is 0 Å². The first-order valence-electron chi connectivity index (χ1n) is 9.39. The highest BCUT2D eigenvalue weighted by molar-refractivity contribution is 7.15. The number of para-hydroxylation sites is 1. The minimum Gasteiger partial charge on any atom is -0.349 e. The summed E-state index contributed by atoms with van der Waals surface area (Å²) in [5.74, 6) is -0.544. The van der Waals surface area contributed by atoms with Gasteiger partial charge in [0.15, 0.2) is 4.96 Å². The number of carbonyl (C=O) groups excluding carboxylic acids is 3. The zero-order valence-electron chi connectivity index (χ0n) is 15.8. The molecule has 29 heavy (non-hydrogen) atoms. The third-order valence-electron chi connectivity index (χ3n) is 5.66. The maximum atomic E-state index is 13.2. The molecule has 0 radical (unpaired) electrons. The van der Waals surface area contributed by atoms with Gasteiger partial charge in [-0.05, 0) is 25.5 Å². The standard InChI is InChI=1S/C20H19N5O3S/c1-20-7-6-17(27)25(20)15-5-3-2-4-14(15)18(28)24(20)12-16(26)21-10-13-11-23-8-9-29-19(23)22-13/h2-5,8-9,11H,6-7,10,12H2,1H3,(H,21,26). The maximum Gasteiger partial charge on any atom is 0.258 e. The van der Waals surface area contributed by atoms with Crippen molar-refractivity contribution in [2.24, 2.45) is 0 Å². The van der Waals surface area contributed by atoms with Crippen molar-refractivity contribution in [3.63, 3.8) is 0 Å². The van der Waals surface area contributed by atoms with Crippen molar-refractivity contribution in [1.29, 1.82) is 0 Å². The van der Waals surface area contributed by atoms with Crippen LogP contribution in [0, 0.1) is 0 Å². The van der Waals surface area contributed by atoms with E-state index in [-0.39, 0.29) is 30.8 Å². The van der Waals surface area contributed by atoms with Gasteiger partial charge in [-0.2, -0.15) is 0 Å². The Bertz CT molecular complexity index is 1120. The maximum absolute atomic E-state index is 13.2. The second-order valence-electron chi connectivity index (χ2n) is 7.46. The summed E-state index contributed by atoms with van der Waals surface area (Å²) in [6.07, 6.45) is 4.62. The topological polar surface area (TPSA) is 87.0 Å². The third kappa shape index (κ3) is 2.72. The zero-order chi connectivity index (χ0) is 20.2. The van der Waals surface area contributed by atoms with Crippen molar-refractivity contribution >= 4 is 39.7 Å². The minimum absolute atomic E-state index is 0.0315. The van der Waals surface area contributed by atoms with E-state index in [1.165, 1.54) is 16.2 Å². The molecule has 8 nitrogen and oxygen atoms in total. The number of anilines is 1. The Labute approximate surface area is 170 Å². The van der Waals surface area contributed by atoms with Gasteiger partial charge in [0.2, 0.25) is 11.8 Å². The number of fused-ring (bicyclic) bond motifs is 4. The first-order valence-corrected chi connectivity index (χ1v) is 10.3. The number of benzene rings is 1. The Morgan fingerprint density at radius 2 is 2.14 bits per heavy atom. The summed E-state index contributed by atoms with van der Waals surface area (Å²) in [5, 5.41) is 4.79. The summed E-state index contributed by atoms with van der Waals surface area (Å²) < 4.78 is 1.90. The Kier molecular flexibility index (Phi) is 3.95. The molecule has 1 atom stereocenters.